The third-order valence-corrected chi connectivity index (χ3v) is 2.61. The first-order valence-electron chi connectivity index (χ1n) is 5.70. The van der Waals surface area contributed by atoms with Gasteiger partial charge in [-0.15, -0.1) is 0 Å². The molecule has 2 heteroatoms. The van der Waals surface area contributed by atoms with Crippen molar-refractivity contribution in [2.75, 3.05) is 0 Å². The highest BCUT2D eigenvalue weighted by Crippen LogP contribution is 2.08. The highest BCUT2D eigenvalue weighted by molar-refractivity contribution is 6.06. The van der Waals surface area contributed by atoms with Gasteiger partial charge in [0.2, 0.25) is 0 Å². The molecule has 90 valence electrons. The number of aryl methyl sites for hydroxylation is 1. The van der Waals surface area contributed by atoms with Crippen molar-refractivity contribution in [2.45, 2.75) is 6.92 Å². The smallest absolute Gasteiger partial charge is 0.185 e. The summed E-state index contributed by atoms with van der Waals surface area (Å²) >= 11 is 0. The number of benzene rings is 2. The van der Waals surface area contributed by atoms with Crippen LogP contribution in [0.4, 0.5) is 4.39 Å². The molecule has 0 atom stereocenters. The van der Waals surface area contributed by atoms with E-state index in [-0.39, 0.29) is 5.78 Å². The Morgan fingerprint density at radius 2 is 1.83 bits per heavy atom. The first-order chi connectivity index (χ1) is 8.65. The Hall–Kier alpha value is -2.22. The van der Waals surface area contributed by atoms with E-state index in [1.807, 2.05) is 31.2 Å². The number of allylic oxidation sites excluding steroid dienone is 1. The van der Waals surface area contributed by atoms with Crippen LogP contribution < -0.4 is 0 Å². The first-order valence-corrected chi connectivity index (χ1v) is 5.70. The summed E-state index contributed by atoms with van der Waals surface area (Å²) in [6.07, 6.45) is 3.19. The van der Waals surface area contributed by atoms with Crippen LogP contribution in [-0.2, 0) is 0 Å². The molecule has 0 amide bonds. The number of carbonyl (C=O) groups excluding carboxylic acids is 1. The van der Waals surface area contributed by atoms with E-state index in [1.165, 1.54) is 29.8 Å². The molecule has 0 aliphatic carbocycles. The number of hydrogen-bond donors (Lipinski definition) is 0. The molecule has 0 spiro atoms. The van der Waals surface area contributed by atoms with Gasteiger partial charge < -0.3 is 0 Å². The molecule has 0 radical (unpaired) electrons. The summed E-state index contributed by atoms with van der Waals surface area (Å²) in [5.74, 6) is -0.598. The van der Waals surface area contributed by atoms with Gasteiger partial charge in [-0.05, 0) is 30.7 Å². The van der Waals surface area contributed by atoms with Crippen LogP contribution in [0, 0.1) is 12.7 Å². The Labute approximate surface area is 106 Å². The van der Waals surface area contributed by atoms with E-state index in [1.54, 1.807) is 12.1 Å². The molecule has 0 fully saturated rings. The highest BCUT2D eigenvalue weighted by Gasteiger charge is 2.02. The minimum absolute atomic E-state index is 0.199. The normalized spacial score (nSPS) is 10.8. The van der Waals surface area contributed by atoms with E-state index >= 15 is 0 Å². The van der Waals surface area contributed by atoms with Crippen LogP contribution in [0.2, 0.25) is 0 Å². The number of carbonyl (C=O) groups is 1. The van der Waals surface area contributed by atoms with Gasteiger partial charge in [-0.2, -0.15) is 0 Å². The summed E-state index contributed by atoms with van der Waals surface area (Å²) in [6, 6.07) is 13.5. The zero-order chi connectivity index (χ0) is 13.0. The van der Waals surface area contributed by atoms with Crippen LogP contribution in [0.15, 0.2) is 54.6 Å². The van der Waals surface area contributed by atoms with Crippen LogP contribution in [0.25, 0.3) is 6.08 Å². The number of ketones is 1. The second-order valence-corrected chi connectivity index (χ2v) is 4.12. The average molecular weight is 240 g/mol. The van der Waals surface area contributed by atoms with Gasteiger partial charge in [-0.3, -0.25) is 4.79 Å². The minimum atomic E-state index is -0.399. The van der Waals surface area contributed by atoms with Gasteiger partial charge in [0.05, 0.1) is 0 Å². The van der Waals surface area contributed by atoms with E-state index in [2.05, 4.69) is 0 Å². The van der Waals surface area contributed by atoms with Crippen molar-refractivity contribution in [1.29, 1.82) is 0 Å². The maximum atomic E-state index is 13.0. The predicted octanol–water partition coefficient (Wildman–Crippen LogP) is 4.03. The Balaban J connectivity index is 2.14. The highest BCUT2D eigenvalue weighted by atomic mass is 19.1. The molecular formula is C16H13FO. The van der Waals surface area contributed by atoms with Crippen LogP contribution >= 0.6 is 0 Å². The summed E-state index contributed by atoms with van der Waals surface area (Å²) in [7, 11) is 0. The predicted molar refractivity (Wildman–Crippen MR) is 70.9 cm³/mol. The molecule has 0 aliphatic rings. The van der Waals surface area contributed by atoms with Crippen LogP contribution in [-0.4, -0.2) is 5.78 Å². The molecule has 18 heavy (non-hydrogen) atoms. The summed E-state index contributed by atoms with van der Waals surface area (Å²) in [5.41, 5.74) is 2.48. The lowest BCUT2D eigenvalue weighted by Crippen LogP contribution is -1.94. The van der Waals surface area contributed by atoms with Gasteiger partial charge >= 0.3 is 0 Å². The Kier molecular flexibility index (Phi) is 3.68. The van der Waals surface area contributed by atoms with E-state index < -0.39 is 5.82 Å². The van der Waals surface area contributed by atoms with E-state index in [0.29, 0.717) is 5.56 Å². The molecular weight excluding hydrogens is 227 g/mol. The Bertz CT molecular complexity index is 582. The SMILES string of the molecule is Cc1ccc(/C=C/C(=O)c2cccc(F)c2)cc1. The number of rotatable bonds is 3. The van der Waals surface area contributed by atoms with Crippen molar-refractivity contribution in [3.8, 4) is 0 Å². The fraction of sp³-hybridized carbons (Fsp3) is 0.0625. The largest absolute Gasteiger partial charge is 0.289 e. The van der Waals surface area contributed by atoms with Gasteiger partial charge in [0.15, 0.2) is 5.78 Å². The van der Waals surface area contributed by atoms with Gasteiger partial charge in [0.25, 0.3) is 0 Å². The van der Waals surface area contributed by atoms with Crippen molar-refractivity contribution in [1.82, 2.24) is 0 Å². The second-order valence-electron chi connectivity index (χ2n) is 4.12. The van der Waals surface area contributed by atoms with Crippen LogP contribution in [0.1, 0.15) is 21.5 Å². The van der Waals surface area contributed by atoms with Crippen LogP contribution in [0.3, 0.4) is 0 Å². The quantitative estimate of drug-likeness (QED) is 0.584. The van der Waals surface area contributed by atoms with Gasteiger partial charge in [-0.1, -0.05) is 48.0 Å². The zero-order valence-electron chi connectivity index (χ0n) is 10.1. The molecule has 2 aromatic rings. The third kappa shape index (κ3) is 3.14. The van der Waals surface area contributed by atoms with Crippen molar-refractivity contribution >= 4 is 11.9 Å². The molecule has 0 heterocycles. The lowest BCUT2D eigenvalue weighted by Gasteiger charge is -1.97. The molecule has 0 aromatic heterocycles. The van der Waals surface area contributed by atoms with Crippen LogP contribution in [0.5, 0.6) is 0 Å². The van der Waals surface area contributed by atoms with Gasteiger partial charge in [-0.25, -0.2) is 4.39 Å². The molecule has 0 unspecified atom stereocenters. The van der Waals surface area contributed by atoms with Gasteiger partial charge in [0.1, 0.15) is 5.82 Å². The summed E-state index contributed by atoms with van der Waals surface area (Å²) in [6.45, 7) is 2.01. The Morgan fingerprint density at radius 3 is 2.50 bits per heavy atom. The lowest BCUT2D eigenvalue weighted by atomic mass is 10.1. The second kappa shape index (κ2) is 5.41. The maximum absolute atomic E-state index is 13.0. The topological polar surface area (TPSA) is 17.1 Å². The molecule has 0 saturated heterocycles. The Morgan fingerprint density at radius 1 is 1.11 bits per heavy atom. The molecule has 0 saturated carbocycles. The van der Waals surface area contributed by atoms with E-state index in [9.17, 15) is 9.18 Å². The standard InChI is InChI=1S/C16H13FO/c1-12-5-7-13(8-6-12)9-10-16(18)14-3-2-4-15(17)11-14/h2-11H,1H3/b10-9+. The fourth-order valence-corrected chi connectivity index (χ4v) is 1.59. The van der Waals surface area contributed by atoms with Crippen molar-refractivity contribution in [3.05, 3.63) is 77.1 Å². The molecule has 1 nitrogen and oxygen atoms in total. The minimum Gasteiger partial charge on any atom is -0.289 e. The van der Waals surface area contributed by atoms with Crippen molar-refractivity contribution in [3.63, 3.8) is 0 Å². The number of hydrogen-bond acceptors (Lipinski definition) is 1. The zero-order valence-corrected chi connectivity index (χ0v) is 10.1. The fourth-order valence-electron chi connectivity index (χ4n) is 1.59. The van der Waals surface area contributed by atoms with Crippen molar-refractivity contribution < 1.29 is 9.18 Å². The van der Waals surface area contributed by atoms with E-state index in [4.69, 9.17) is 0 Å². The first kappa shape index (κ1) is 12.2. The third-order valence-electron chi connectivity index (χ3n) is 2.61. The molecule has 0 aliphatic heterocycles. The molecule has 0 N–H and O–H groups in total. The van der Waals surface area contributed by atoms with Gasteiger partial charge in [0, 0.05) is 5.56 Å². The summed E-state index contributed by atoms with van der Waals surface area (Å²) < 4.78 is 13.0. The molecule has 2 aromatic carbocycles. The monoisotopic (exact) mass is 240 g/mol. The lowest BCUT2D eigenvalue weighted by molar-refractivity contribution is 0.104. The summed E-state index contributed by atoms with van der Waals surface area (Å²) in [5, 5.41) is 0. The van der Waals surface area contributed by atoms with Crippen molar-refractivity contribution in [2.24, 2.45) is 0 Å². The molecule has 2 rings (SSSR count). The summed E-state index contributed by atoms with van der Waals surface area (Å²) in [4.78, 5) is 11.8. The average Bonchev–Trinajstić information content (AvgIpc) is 2.38. The number of halogens is 1. The maximum Gasteiger partial charge on any atom is 0.185 e. The van der Waals surface area contributed by atoms with E-state index in [0.717, 1.165) is 5.56 Å². The molecule has 0 bridgehead atoms.